The zero-order valence-corrected chi connectivity index (χ0v) is 10.5. The van der Waals surface area contributed by atoms with Gasteiger partial charge in [0, 0.05) is 6.54 Å². The van der Waals surface area contributed by atoms with Crippen molar-refractivity contribution in [2.24, 2.45) is 0 Å². The standard InChI is InChI=1S/C10H15ClN4O2/c1-3-4-12-9(16)6(2)14-7-5-13-15-10(17)8(7)11/h5-6H,3-4H2,1-2H3,(H,12,16)(H2,14,15,17). The SMILES string of the molecule is CCCNC(=O)C(C)Nc1cn[nH]c(=O)c1Cl. The van der Waals surface area contributed by atoms with Gasteiger partial charge in [-0.3, -0.25) is 9.59 Å². The number of carbonyl (C=O) groups excluding carboxylic acids is 1. The van der Waals surface area contributed by atoms with Crippen LogP contribution in [0.4, 0.5) is 5.69 Å². The number of hydrogen-bond acceptors (Lipinski definition) is 4. The van der Waals surface area contributed by atoms with Crippen LogP contribution in [0.3, 0.4) is 0 Å². The highest BCUT2D eigenvalue weighted by Crippen LogP contribution is 2.15. The molecule has 1 unspecified atom stereocenters. The molecule has 7 heteroatoms. The van der Waals surface area contributed by atoms with Gasteiger partial charge >= 0.3 is 0 Å². The van der Waals surface area contributed by atoms with E-state index in [1.807, 2.05) is 6.92 Å². The van der Waals surface area contributed by atoms with Crippen LogP contribution in [0.25, 0.3) is 0 Å². The third kappa shape index (κ3) is 3.74. The average molecular weight is 259 g/mol. The number of carbonyl (C=O) groups is 1. The van der Waals surface area contributed by atoms with Crippen molar-refractivity contribution >= 4 is 23.2 Å². The van der Waals surface area contributed by atoms with E-state index in [0.29, 0.717) is 12.2 Å². The van der Waals surface area contributed by atoms with Crippen LogP contribution in [-0.4, -0.2) is 28.7 Å². The van der Waals surface area contributed by atoms with Gasteiger partial charge in [0.1, 0.15) is 11.1 Å². The fraction of sp³-hybridized carbons (Fsp3) is 0.500. The fourth-order valence-electron chi connectivity index (χ4n) is 1.18. The van der Waals surface area contributed by atoms with Crippen LogP contribution in [0.1, 0.15) is 20.3 Å². The van der Waals surface area contributed by atoms with Crippen LogP contribution in [-0.2, 0) is 4.79 Å². The summed E-state index contributed by atoms with van der Waals surface area (Å²) < 4.78 is 0. The van der Waals surface area contributed by atoms with Crippen LogP contribution in [0.2, 0.25) is 5.02 Å². The molecule has 6 nitrogen and oxygen atoms in total. The van der Waals surface area contributed by atoms with Gasteiger partial charge in [0.25, 0.3) is 5.56 Å². The monoisotopic (exact) mass is 258 g/mol. The molecule has 0 radical (unpaired) electrons. The lowest BCUT2D eigenvalue weighted by Gasteiger charge is -2.15. The first kappa shape index (κ1) is 13.5. The third-order valence-corrected chi connectivity index (χ3v) is 2.49. The smallest absolute Gasteiger partial charge is 0.285 e. The van der Waals surface area contributed by atoms with Gasteiger partial charge in [0.05, 0.1) is 11.9 Å². The van der Waals surface area contributed by atoms with E-state index in [1.54, 1.807) is 6.92 Å². The molecule has 1 heterocycles. The van der Waals surface area contributed by atoms with E-state index in [2.05, 4.69) is 20.8 Å². The number of nitrogens with zero attached hydrogens (tertiary/aromatic N) is 1. The average Bonchev–Trinajstić information content (AvgIpc) is 2.31. The first-order valence-electron chi connectivity index (χ1n) is 5.33. The third-order valence-electron chi connectivity index (χ3n) is 2.11. The fourth-order valence-corrected chi connectivity index (χ4v) is 1.33. The van der Waals surface area contributed by atoms with Crippen molar-refractivity contribution in [1.82, 2.24) is 15.5 Å². The van der Waals surface area contributed by atoms with Crippen molar-refractivity contribution in [3.8, 4) is 0 Å². The van der Waals surface area contributed by atoms with Gasteiger partial charge in [-0.1, -0.05) is 18.5 Å². The summed E-state index contributed by atoms with van der Waals surface area (Å²) >= 11 is 5.77. The minimum atomic E-state index is -0.488. The second-order valence-electron chi connectivity index (χ2n) is 3.58. The number of amides is 1. The Labute approximate surface area is 104 Å². The highest BCUT2D eigenvalue weighted by molar-refractivity contribution is 6.33. The Balaban J connectivity index is 2.68. The van der Waals surface area contributed by atoms with Crippen LogP contribution >= 0.6 is 11.6 Å². The van der Waals surface area contributed by atoms with E-state index >= 15 is 0 Å². The number of rotatable bonds is 5. The minimum Gasteiger partial charge on any atom is -0.371 e. The van der Waals surface area contributed by atoms with Crippen molar-refractivity contribution < 1.29 is 4.79 Å². The predicted molar refractivity (Wildman–Crippen MR) is 66.3 cm³/mol. The molecule has 0 aliphatic carbocycles. The Kier molecular flexibility index (Phi) is 4.96. The summed E-state index contributed by atoms with van der Waals surface area (Å²) in [4.78, 5) is 22.8. The number of aromatic nitrogens is 2. The maximum atomic E-state index is 11.6. The molecule has 3 N–H and O–H groups in total. The van der Waals surface area contributed by atoms with Gasteiger partial charge in [-0.2, -0.15) is 5.10 Å². The molecular weight excluding hydrogens is 244 g/mol. The Morgan fingerprint density at radius 2 is 2.35 bits per heavy atom. The largest absolute Gasteiger partial charge is 0.371 e. The number of anilines is 1. The first-order chi connectivity index (χ1) is 8.06. The van der Waals surface area contributed by atoms with Gasteiger partial charge in [-0.15, -0.1) is 0 Å². The molecule has 0 saturated heterocycles. The van der Waals surface area contributed by atoms with Gasteiger partial charge in [-0.05, 0) is 13.3 Å². The summed E-state index contributed by atoms with van der Waals surface area (Å²) in [6.45, 7) is 4.27. The van der Waals surface area contributed by atoms with E-state index in [-0.39, 0.29) is 10.9 Å². The quantitative estimate of drug-likeness (QED) is 0.727. The van der Waals surface area contributed by atoms with Gasteiger partial charge in [-0.25, -0.2) is 5.10 Å². The molecule has 1 rings (SSSR count). The van der Waals surface area contributed by atoms with E-state index in [4.69, 9.17) is 11.6 Å². The Morgan fingerprint density at radius 1 is 1.65 bits per heavy atom. The van der Waals surface area contributed by atoms with Gasteiger partial charge < -0.3 is 10.6 Å². The molecule has 0 saturated carbocycles. The lowest BCUT2D eigenvalue weighted by Crippen LogP contribution is -2.38. The Bertz CT molecular complexity index is 446. The van der Waals surface area contributed by atoms with E-state index in [0.717, 1.165) is 6.42 Å². The van der Waals surface area contributed by atoms with Gasteiger partial charge in [0.2, 0.25) is 5.91 Å². The number of H-pyrrole nitrogens is 1. The molecular formula is C10H15ClN4O2. The lowest BCUT2D eigenvalue weighted by molar-refractivity contribution is -0.121. The first-order valence-corrected chi connectivity index (χ1v) is 5.71. The Morgan fingerprint density at radius 3 is 3.00 bits per heavy atom. The summed E-state index contributed by atoms with van der Waals surface area (Å²) in [5, 5.41) is 11.4. The van der Waals surface area contributed by atoms with Crippen molar-refractivity contribution in [3.05, 3.63) is 21.6 Å². The molecule has 17 heavy (non-hydrogen) atoms. The lowest BCUT2D eigenvalue weighted by atomic mass is 10.3. The zero-order valence-electron chi connectivity index (χ0n) is 9.71. The van der Waals surface area contributed by atoms with Crippen LogP contribution in [0.5, 0.6) is 0 Å². The normalized spacial score (nSPS) is 11.9. The highest BCUT2D eigenvalue weighted by atomic mass is 35.5. The van der Waals surface area contributed by atoms with Crippen molar-refractivity contribution in [1.29, 1.82) is 0 Å². The minimum absolute atomic E-state index is 0.00450. The van der Waals surface area contributed by atoms with Crippen molar-refractivity contribution in [2.75, 3.05) is 11.9 Å². The van der Waals surface area contributed by atoms with Crippen LogP contribution < -0.4 is 16.2 Å². The molecule has 0 bridgehead atoms. The molecule has 0 aliphatic rings. The maximum absolute atomic E-state index is 11.6. The molecule has 1 aromatic rings. The summed E-state index contributed by atoms with van der Waals surface area (Å²) in [6.07, 6.45) is 2.24. The second-order valence-corrected chi connectivity index (χ2v) is 3.96. The second kappa shape index (κ2) is 6.24. The number of hydrogen-bond donors (Lipinski definition) is 3. The molecule has 1 aromatic heterocycles. The van der Waals surface area contributed by atoms with E-state index in [1.165, 1.54) is 6.20 Å². The zero-order chi connectivity index (χ0) is 12.8. The molecule has 0 spiro atoms. The molecule has 0 fully saturated rings. The van der Waals surface area contributed by atoms with Crippen LogP contribution in [0, 0.1) is 0 Å². The molecule has 1 amide bonds. The molecule has 1 atom stereocenters. The number of aromatic amines is 1. The highest BCUT2D eigenvalue weighted by Gasteiger charge is 2.14. The summed E-state index contributed by atoms with van der Waals surface area (Å²) in [7, 11) is 0. The van der Waals surface area contributed by atoms with Crippen molar-refractivity contribution in [2.45, 2.75) is 26.3 Å². The van der Waals surface area contributed by atoms with Crippen molar-refractivity contribution in [3.63, 3.8) is 0 Å². The summed E-state index contributed by atoms with van der Waals surface area (Å²) in [5.41, 5.74) is -0.146. The Hall–Kier alpha value is -1.56. The number of nitrogens with one attached hydrogen (secondary N) is 3. The predicted octanol–water partition coefficient (Wildman–Crippen LogP) is 0.750. The van der Waals surface area contributed by atoms with Crippen LogP contribution in [0.15, 0.2) is 11.0 Å². The number of halogens is 1. The molecule has 94 valence electrons. The van der Waals surface area contributed by atoms with Gasteiger partial charge in [0.15, 0.2) is 0 Å². The summed E-state index contributed by atoms with van der Waals surface area (Å²) in [6, 6.07) is -0.484. The molecule has 0 aromatic carbocycles. The van der Waals surface area contributed by atoms with E-state index in [9.17, 15) is 9.59 Å². The topological polar surface area (TPSA) is 86.9 Å². The molecule has 0 aliphatic heterocycles. The summed E-state index contributed by atoms with van der Waals surface area (Å²) in [5.74, 6) is -0.150. The van der Waals surface area contributed by atoms with E-state index < -0.39 is 11.6 Å². The maximum Gasteiger partial charge on any atom is 0.285 e.